The maximum atomic E-state index is 12.4. The molecule has 1 heterocycles. The number of carbonyl (C=O) groups excluding carboxylic acids is 2. The zero-order valence-electron chi connectivity index (χ0n) is 17.0. The monoisotopic (exact) mass is 473 g/mol. The molecule has 1 aromatic heterocycles. The number of rotatable bonds is 7. The fraction of sp³-hybridized carbons (Fsp3) is 0.136. The van der Waals surface area contributed by atoms with E-state index in [-0.39, 0.29) is 17.0 Å². The van der Waals surface area contributed by atoms with Gasteiger partial charge in [-0.05, 0) is 54.6 Å². The number of pyridine rings is 1. The van der Waals surface area contributed by atoms with E-state index in [0.29, 0.717) is 16.3 Å². The summed E-state index contributed by atoms with van der Waals surface area (Å²) in [4.78, 5) is 36.5. The Balaban J connectivity index is 1.58. The molecular weight excluding hydrogens is 454 g/mol. The molecule has 1 atom stereocenters. The van der Waals surface area contributed by atoms with E-state index in [1.807, 2.05) is 4.72 Å². The van der Waals surface area contributed by atoms with E-state index in [9.17, 15) is 22.8 Å². The summed E-state index contributed by atoms with van der Waals surface area (Å²) in [6.45, 7) is 1.43. The van der Waals surface area contributed by atoms with Crippen LogP contribution in [0.25, 0.3) is 5.69 Å². The predicted molar refractivity (Wildman–Crippen MR) is 120 cm³/mol. The molecule has 0 spiro atoms. The van der Waals surface area contributed by atoms with Crippen LogP contribution in [0.3, 0.4) is 0 Å². The highest BCUT2D eigenvalue weighted by Gasteiger charge is 2.22. The molecule has 3 rings (SSSR count). The van der Waals surface area contributed by atoms with Crippen LogP contribution >= 0.6 is 11.6 Å². The molecule has 2 amide bonds. The average Bonchev–Trinajstić information content (AvgIpc) is 2.77. The number of carbonyl (C=O) groups is 2. The Labute approximate surface area is 189 Å². The molecule has 0 aliphatic heterocycles. The third-order valence-electron chi connectivity index (χ3n) is 4.61. The molecule has 32 heavy (non-hydrogen) atoms. The van der Waals surface area contributed by atoms with Crippen molar-refractivity contribution in [2.75, 3.05) is 6.54 Å². The largest absolute Gasteiger partial charge is 0.351 e. The second-order valence-corrected chi connectivity index (χ2v) is 9.11. The van der Waals surface area contributed by atoms with E-state index >= 15 is 0 Å². The van der Waals surface area contributed by atoms with Crippen LogP contribution in [0.15, 0.2) is 82.6 Å². The number of aromatic nitrogens is 1. The van der Waals surface area contributed by atoms with Gasteiger partial charge in [-0.15, -0.1) is 0 Å². The third-order valence-corrected chi connectivity index (χ3v) is 6.22. The van der Waals surface area contributed by atoms with Crippen LogP contribution in [0.2, 0.25) is 5.02 Å². The van der Waals surface area contributed by atoms with Crippen molar-refractivity contribution in [1.82, 2.24) is 14.6 Å². The molecule has 0 aliphatic rings. The van der Waals surface area contributed by atoms with E-state index in [0.717, 1.165) is 0 Å². The maximum absolute atomic E-state index is 12.4. The summed E-state index contributed by atoms with van der Waals surface area (Å²) in [7, 11) is -4.05. The smallest absolute Gasteiger partial charge is 0.264 e. The maximum Gasteiger partial charge on any atom is 0.264 e. The fourth-order valence-electron chi connectivity index (χ4n) is 2.76. The number of nitrogens with one attached hydrogen (secondary N) is 2. The molecule has 10 heteroatoms. The fourth-order valence-corrected chi connectivity index (χ4v) is 3.96. The summed E-state index contributed by atoms with van der Waals surface area (Å²) in [5.41, 5.74) is 0.740. The topological polar surface area (TPSA) is 114 Å². The molecule has 2 N–H and O–H groups in total. The summed E-state index contributed by atoms with van der Waals surface area (Å²) >= 11 is 5.75. The lowest BCUT2D eigenvalue weighted by atomic mass is 10.1. The van der Waals surface area contributed by atoms with E-state index in [1.54, 1.807) is 42.6 Å². The van der Waals surface area contributed by atoms with Crippen molar-refractivity contribution < 1.29 is 18.0 Å². The van der Waals surface area contributed by atoms with Crippen molar-refractivity contribution in [3.8, 4) is 5.69 Å². The van der Waals surface area contributed by atoms with Crippen molar-refractivity contribution in [2.45, 2.75) is 11.8 Å². The number of benzene rings is 2. The lowest BCUT2D eigenvalue weighted by Crippen LogP contribution is -2.40. The Morgan fingerprint density at radius 1 is 1.00 bits per heavy atom. The quantitative estimate of drug-likeness (QED) is 0.546. The minimum absolute atomic E-state index is 0.0688. The Morgan fingerprint density at radius 3 is 2.28 bits per heavy atom. The van der Waals surface area contributed by atoms with Gasteiger partial charge in [0, 0.05) is 35.1 Å². The molecule has 0 fully saturated rings. The molecule has 0 aliphatic carbocycles. The van der Waals surface area contributed by atoms with Crippen LogP contribution in [0, 0.1) is 5.92 Å². The Hall–Kier alpha value is -3.43. The van der Waals surface area contributed by atoms with Crippen LogP contribution in [0.1, 0.15) is 17.3 Å². The van der Waals surface area contributed by atoms with E-state index < -0.39 is 27.8 Å². The van der Waals surface area contributed by atoms with Crippen molar-refractivity contribution in [1.29, 1.82) is 0 Å². The number of nitrogens with zero attached hydrogens (tertiary/aromatic N) is 1. The van der Waals surface area contributed by atoms with Gasteiger partial charge in [0.15, 0.2) is 0 Å². The molecule has 0 bridgehead atoms. The van der Waals surface area contributed by atoms with Gasteiger partial charge in [-0.1, -0.05) is 24.6 Å². The van der Waals surface area contributed by atoms with Gasteiger partial charge in [-0.3, -0.25) is 19.0 Å². The number of hydrogen-bond acceptors (Lipinski definition) is 5. The number of sulfonamides is 1. The highest BCUT2D eigenvalue weighted by Crippen LogP contribution is 2.14. The lowest BCUT2D eigenvalue weighted by molar-refractivity contribution is -0.122. The Morgan fingerprint density at radius 2 is 1.66 bits per heavy atom. The molecule has 1 unspecified atom stereocenters. The van der Waals surface area contributed by atoms with E-state index in [1.165, 1.54) is 41.8 Å². The highest BCUT2D eigenvalue weighted by atomic mass is 35.5. The van der Waals surface area contributed by atoms with Crippen molar-refractivity contribution in [2.24, 2.45) is 5.92 Å². The second kappa shape index (κ2) is 9.80. The van der Waals surface area contributed by atoms with Gasteiger partial charge in [-0.2, -0.15) is 0 Å². The summed E-state index contributed by atoms with van der Waals surface area (Å²) in [5, 5.41) is 2.97. The molecule has 3 aromatic rings. The number of hydrogen-bond donors (Lipinski definition) is 2. The van der Waals surface area contributed by atoms with Gasteiger partial charge in [0.05, 0.1) is 10.8 Å². The van der Waals surface area contributed by atoms with Crippen LogP contribution in [-0.4, -0.2) is 31.3 Å². The standard InChI is InChI=1S/C22H20ClN3O5S/c1-15(21(28)25-32(30,31)19-11-7-17(23)8-12-19)14-24-22(29)16-5-9-18(10-6-16)26-13-3-2-4-20(26)27/h2-13,15H,14H2,1H3,(H,24,29)(H,25,28). The SMILES string of the molecule is CC(CNC(=O)c1ccc(-n2ccccc2=O)cc1)C(=O)NS(=O)(=O)c1ccc(Cl)cc1. The van der Waals surface area contributed by atoms with Gasteiger partial charge in [-0.25, -0.2) is 13.1 Å². The molecule has 2 aromatic carbocycles. The van der Waals surface area contributed by atoms with Crippen LogP contribution < -0.4 is 15.6 Å². The Kier molecular flexibility index (Phi) is 7.12. The molecular formula is C22H20ClN3O5S. The van der Waals surface area contributed by atoms with Crippen molar-refractivity contribution in [3.63, 3.8) is 0 Å². The van der Waals surface area contributed by atoms with Crippen molar-refractivity contribution in [3.05, 3.63) is 93.9 Å². The van der Waals surface area contributed by atoms with Crippen LogP contribution in [0.5, 0.6) is 0 Å². The second-order valence-electron chi connectivity index (χ2n) is 6.99. The molecule has 166 valence electrons. The lowest BCUT2D eigenvalue weighted by Gasteiger charge is -2.14. The number of amides is 2. The highest BCUT2D eigenvalue weighted by molar-refractivity contribution is 7.90. The zero-order chi connectivity index (χ0) is 23.3. The minimum atomic E-state index is -4.05. The molecule has 8 nitrogen and oxygen atoms in total. The zero-order valence-corrected chi connectivity index (χ0v) is 18.6. The molecule has 0 saturated heterocycles. The summed E-state index contributed by atoms with van der Waals surface area (Å²) in [5.74, 6) is -1.99. The van der Waals surface area contributed by atoms with Gasteiger partial charge >= 0.3 is 0 Å². The first-order valence-corrected chi connectivity index (χ1v) is 11.4. The first-order valence-electron chi connectivity index (χ1n) is 9.56. The minimum Gasteiger partial charge on any atom is -0.351 e. The van der Waals surface area contributed by atoms with Gasteiger partial charge in [0.25, 0.3) is 21.5 Å². The third kappa shape index (κ3) is 5.63. The summed E-state index contributed by atoms with van der Waals surface area (Å²) in [6.07, 6.45) is 1.62. The predicted octanol–water partition coefficient (Wildman–Crippen LogP) is 2.36. The van der Waals surface area contributed by atoms with Gasteiger partial charge in [0.2, 0.25) is 5.91 Å². The molecule has 0 radical (unpaired) electrons. The van der Waals surface area contributed by atoms with Gasteiger partial charge in [0.1, 0.15) is 0 Å². The summed E-state index contributed by atoms with van der Waals surface area (Å²) in [6, 6.07) is 16.6. The molecule has 0 saturated carbocycles. The summed E-state index contributed by atoms with van der Waals surface area (Å²) < 4.78 is 28.0. The first kappa shape index (κ1) is 23.2. The van der Waals surface area contributed by atoms with Crippen molar-refractivity contribution >= 4 is 33.4 Å². The van der Waals surface area contributed by atoms with Crippen LogP contribution in [0.4, 0.5) is 0 Å². The Bertz CT molecular complexity index is 1290. The van der Waals surface area contributed by atoms with E-state index in [2.05, 4.69) is 5.32 Å². The normalized spacial score (nSPS) is 12.1. The first-order chi connectivity index (χ1) is 15.2. The van der Waals surface area contributed by atoms with Crippen LogP contribution in [-0.2, 0) is 14.8 Å². The van der Waals surface area contributed by atoms with E-state index in [4.69, 9.17) is 11.6 Å². The average molecular weight is 474 g/mol. The van der Waals surface area contributed by atoms with Gasteiger partial charge < -0.3 is 5.32 Å². The number of halogens is 1.